The van der Waals surface area contributed by atoms with Gasteiger partial charge in [0.25, 0.3) is 0 Å². The van der Waals surface area contributed by atoms with Crippen LogP contribution in [0.4, 0.5) is 10.3 Å². The molecule has 0 spiro atoms. The number of nitrogens with two attached hydrogens (primary N) is 1. The van der Waals surface area contributed by atoms with Crippen LogP contribution in [0.1, 0.15) is 31.4 Å². The second-order valence-electron chi connectivity index (χ2n) is 6.65. The summed E-state index contributed by atoms with van der Waals surface area (Å²) in [6.45, 7) is 2.20. The van der Waals surface area contributed by atoms with Crippen LogP contribution in [0.15, 0.2) is 24.4 Å². The van der Waals surface area contributed by atoms with Crippen molar-refractivity contribution in [3.05, 3.63) is 30.1 Å². The van der Waals surface area contributed by atoms with Crippen LogP contribution in [0.5, 0.6) is 0 Å². The molecule has 3 rings (SSSR count). The standard InChI is InChI=1S/C17H26N6S/c1-23(10-8-14-6-2-3-9-19-14)12-13-5-4-7-15(11-13)20-17-22-21-16(18)24-17/h2-3,6,9,13,15H,4-5,7-8,10-12H2,1H3,(H2,18,21)(H,20,22)/t13-,15-/m1/s1. The lowest BCUT2D eigenvalue weighted by Gasteiger charge is -2.32. The lowest BCUT2D eigenvalue weighted by molar-refractivity contribution is 0.227. The van der Waals surface area contributed by atoms with Gasteiger partial charge in [-0.15, -0.1) is 10.2 Å². The van der Waals surface area contributed by atoms with Gasteiger partial charge in [-0.2, -0.15) is 0 Å². The average molecular weight is 347 g/mol. The first-order chi connectivity index (χ1) is 11.7. The summed E-state index contributed by atoms with van der Waals surface area (Å²) in [4.78, 5) is 6.83. The SMILES string of the molecule is CN(CCc1ccccn1)C[C@@H]1CCC[C@@H](Nc2nnc(N)s2)C1. The van der Waals surface area contributed by atoms with Crippen molar-refractivity contribution in [3.8, 4) is 0 Å². The van der Waals surface area contributed by atoms with Crippen LogP contribution in [0.3, 0.4) is 0 Å². The number of pyridine rings is 1. The molecular weight excluding hydrogens is 320 g/mol. The highest BCUT2D eigenvalue weighted by atomic mass is 32.1. The Morgan fingerprint density at radius 2 is 2.25 bits per heavy atom. The molecule has 1 aliphatic carbocycles. The Morgan fingerprint density at radius 1 is 1.33 bits per heavy atom. The molecule has 0 saturated heterocycles. The third kappa shape index (κ3) is 5.14. The van der Waals surface area contributed by atoms with Gasteiger partial charge in [-0.05, 0) is 44.4 Å². The Labute approximate surface area is 147 Å². The molecule has 2 atom stereocenters. The maximum absolute atomic E-state index is 5.65. The summed E-state index contributed by atoms with van der Waals surface area (Å²) >= 11 is 1.43. The number of aromatic nitrogens is 3. The van der Waals surface area contributed by atoms with Crippen LogP contribution in [0.25, 0.3) is 0 Å². The Kier molecular flexibility index (Phi) is 5.98. The van der Waals surface area contributed by atoms with Gasteiger partial charge in [-0.25, -0.2) is 0 Å². The molecule has 0 radical (unpaired) electrons. The van der Waals surface area contributed by atoms with Gasteiger partial charge in [0.2, 0.25) is 10.3 Å². The highest BCUT2D eigenvalue weighted by Crippen LogP contribution is 2.28. The van der Waals surface area contributed by atoms with E-state index >= 15 is 0 Å². The fraction of sp³-hybridized carbons (Fsp3) is 0.588. The van der Waals surface area contributed by atoms with E-state index in [0.717, 1.165) is 30.6 Å². The fourth-order valence-corrected chi connectivity index (χ4v) is 4.03. The van der Waals surface area contributed by atoms with Crippen LogP contribution < -0.4 is 11.1 Å². The number of likely N-dealkylation sites (N-methyl/N-ethyl adjacent to an activating group) is 1. The molecule has 1 aliphatic rings. The summed E-state index contributed by atoms with van der Waals surface area (Å²) in [6, 6.07) is 6.61. The maximum Gasteiger partial charge on any atom is 0.207 e. The van der Waals surface area contributed by atoms with E-state index in [1.807, 2.05) is 12.3 Å². The van der Waals surface area contributed by atoms with Crippen molar-refractivity contribution >= 4 is 21.6 Å². The third-order valence-corrected chi connectivity index (χ3v) is 5.28. The summed E-state index contributed by atoms with van der Waals surface area (Å²) in [5.41, 5.74) is 6.82. The van der Waals surface area contributed by atoms with Crippen molar-refractivity contribution in [1.82, 2.24) is 20.1 Å². The van der Waals surface area contributed by atoms with E-state index in [4.69, 9.17) is 5.73 Å². The van der Waals surface area contributed by atoms with Gasteiger partial charge in [0.1, 0.15) is 0 Å². The predicted octanol–water partition coefficient (Wildman–Crippen LogP) is 2.66. The third-order valence-electron chi connectivity index (χ3n) is 4.60. The molecule has 2 aromatic rings. The Bertz CT molecular complexity index is 617. The highest BCUT2D eigenvalue weighted by Gasteiger charge is 2.23. The summed E-state index contributed by atoms with van der Waals surface area (Å²) < 4.78 is 0. The quantitative estimate of drug-likeness (QED) is 0.802. The molecule has 2 aromatic heterocycles. The first kappa shape index (κ1) is 17.1. The smallest absolute Gasteiger partial charge is 0.207 e. The number of nitrogen functional groups attached to an aromatic ring is 1. The van der Waals surface area contributed by atoms with Crippen LogP contribution in [-0.2, 0) is 6.42 Å². The summed E-state index contributed by atoms with van der Waals surface area (Å²) in [5, 5.41) is 12.8. The van der Waals surface area contributed by atoms with Gasteiger partial charge in [0.05, 0.1) is 0 Å². The lowest BCUT2D eigenvalue weighted by Crippen LogP contribution is -2.34. The minimum Gasteiger partial charge on any atom is -0.374 e. The molecule has 2 heterocycles. The molecule has 7 heteroatoms. The zero-order valence-corrected chi connectivity index (χ0v) is 15.0. The van der Waals surface area contributed by atoms with Crippen molar-refractivity contribution in [2.24, 2.45) is 5.92 Å². The fourth-order valence-electron chi connectivity index (χ4n) is 3.44. The zero-order valence-electron chi connectivity index (χ0n) is 14.2. The molecule has 24 heavy (non-hydrogen) atoms. The Balaban J connectivity index is 1.42. The monoisotopic (exact) mass is 346 g/mol. The number of rotatable bonds is 7. The molecule has 0 aliphatic heterocycles. The second-order valence-corrected chi connectivity index (χ2v) is 7.66. The number of nitrogens with zero attached hydrogens (tertiary/aromatic N) is 4. The van der Waals surface area contributed by atoms with Crippen molar-refractivity contribution in [2.75, 3.05) is 31.2 Å². The molecule has 1 fully saturated rings. The van der Waals surface area contributed by atoms with E-state index in [1.54, 1.807) is 0 Å². The van der Waals surface area contributed by atoms with E-state index in [2.05, 4.69) is 44.6 Å². The maximum atomic E-state index is 5.65. The van der Waals surface area contributed by atoms with Crippen LogP contribution in [-0.4, -0.2) is 46.3 Å². The topological polar surface area (TPSA) is 80.0 Å². The predicted molar refractivity (Wildman–Crippen MR) is 99.1 cm³/mol. The van der Waals surface area contributed by atoms with Crippen molar-refractivity contribution in [1.29, 1.82) is 0 Å². The first-order valence-corrected chi connectivity index (χ1v) is 9.44. The largest absolute Gasteiger partial charge is 0.374 e. The van der Waals surface area contributed by atoms with E-state index in [1.165, 1.54) is 42.7 Å². The van der Waals surface area contributed by atoms with E-state index in [0.29, 0.717) is 11.2 Å². The van der Waals surface area contributed by atoms with Crippen molar-refractivity contribution in [3.63, 3.8) is 0 Å². The number of hydrogen-bond donors (Lipinski definition) is 2. The number of anilines is 2. The molecule has 6 nitrogen and oxygen atoms in total. The normalized spacial score (nSPS) is 21.1. The Morgan fingerprint density at radius 3 is 3.00 bits per heavy atom. The molecule has 0 aromatic carbocycles. The van der Waals surface area contributed by atoms with Crippen LogP contribution in [0.2, 0.25) is 0 Å². The molecule has 3 N–H and O–H groups in total. The first-order valence-electron chi connectivity index (χ1n) is 8.63. The van der Waals surface area contributed by atoms with Crippen molar-refractivity contribution in [2.45, 2.75) is 38.1 Å². The minimum atomic E-state index is 0.486. The number of hydrogen-bond acceptors (Lipinski definition) is 7. The summed E-state index contributed by atoms with van der Waals surface area (Å²) in [6.07, 6.45) is 7.85. The van der Waals surface area contributed by atoms with Crippen LogP contribution in [0, 0.1) is 5.92 Å². The van der Waals surface area contributed by atoms with Gasteiger partial charge in [-0.3, -0.25) is 4.98 Å². The van der Waals surface area contributed by atoms with Crippen molar-refractivity contribution < 1.29 is 0 Å². The van der Waals surface area contributed by atoms with E-state index in [-0.39, 0.29) is 0 Å². The minimum absolute atomic E-state index is 0.486. The molecule has 0 bridgehead atoms. The summed E-state index contributed by atoms with van der Waals surface area (Å²) in [5.74, 6) is 0.732. The van der Waals surface area contributed by atoms with Gasteiger partial charge in [0.15, 0.2) is 0 Å². The van der Waals surface area contributed by atoms with Gasteiger partial charge >= 0.3 is 0 Å². The second kappa shape index (κ2) is 8.39. The molecule has 1 saturated carbocycles. The zero-order chi connectivity index (χ0) is 16.8. The molecular formula is C17H26N6S. The van der Waals surface area contributed by atoms with Crippen LogP contribution >= 0.6 is 11.3 Å². The highest BCUT2D eigenvalue weighted by molar-refractivity contribution is 7.18. The molecule has 130 valence electrons. The molecule has 0 unspecified atom stereocenters. The van der Waals surface area contributed by atoms with E-state index < -0.39 is 0 Å². The average Bonchev–Trinajstić information content (AvgIpc) is 2.99. The molecule has 0 amide bonds. The van der Waals surface area contributed by atoms with E-state index in [9.17, 15) is 0 Å². The Hall–Kier alpha value is -1.73. The van der Waals surface area contributed by atoms with Gasteiger partial charge in [0, 0.05) is 37.4 Å². The van der Waals surface area contributed by atoms with Gasteiger partial charge < -0.3 is 16.0 Å². The number of nitrogens with one attached hydrogen (secondary N) is 1. The van der Waals surface area contributed by atoms with Gasteiger partial charge in [-0.1, -0.05) is 23.8 Å². The summed E-state index contributed by atoms with van der Waals surface area (Å²) in [7, 11) is 2.21. The lowest BCUT2D eigenvalue weighted by atomic mass is 9.85.